The van der Waals surface area contributed by atoms with E-state index in [9.17, 15) is 22.8 Å². The van der Waals surface area contributed by atoms with E-state index in [0.717, 1.165) is 185 Å². The van der Waals surface area contributed by atoms with Crippen LogP contribution in [-0.4, -0.2) is 99.7 Å². The van der Waals surface area contributed by atoms with Gasteiger partial charge in [0, 0.05) is 155 Å². The zero-order valence-corrected chi connectivity index (χ0v) is 66.4. The molecule has 15 rings (SSSR count). The van der Waals surface area contributed by atoms with Gasteiger partial charge in [0.1, 0.15) is 32.4 Å². The Labute approximate surface area is 634 Å². The Morgan fingerprint density at radius 1 is 0.538 bits per heavy atom. The van der Waals surface area contributed by atoms with E-state index in [2.05, 4.69) is 108 Å². The first-order valence-corrected chi connectivity index (χ1v) is 43.2. The molecule has 4 aromatic carbocycles. The molecule has 0 fully saturated rings. The number of aryl methyl sites for hydroxylation is 2. The van der Waals surface area contributed by atoms with Crippen molar-refractivity contribution in [1.82, 2.24) is 50.2 Å². The molecule has 0 saturated heterocycles. The molecule has 0 spiro atoms. The number of methoxy groups -OCH3 is 1. The van der Waals surface area contributed by atoms with E-state index in [1.54, 1.807) is 75.9 Å². The molecule has 12 aromatic rings. The number of carbonyl (C=O) groups is 3. The van der Waals surface area contributed by atoms with E-state index in [-0.39, 0.29) is 0 Å². The highest BCUT2D eigenvalue weighted by Gasteiger charge is 2.29. The van der Waals surface area contributed by atoms with Crippen LogP contribution in [0.15, 0.2) is 109 Å². The van der Waals surface area contributed by atoms with Crippen molar-refractivity contribution in [2.45, 2.75) is 162 Å². The van der Waals surface area contributed by atoms with Gasteiger partial charge >= 0.3 is 0 Å². The van der Waals surface area contributed by atoms with Gasteiger partial charge in [0.2, 0.25) is 0 Å². The molecule has 0 radical (unpaired) electrons. The normalized spacial score (nSPS) is 13.7. The standard InChI is InChI=1S/C29H32N2O3S3.C26H30N4O2S2.C26H30N4OS2/c1-18(2)5-4-6-21(32)16-26-28(23-13-14-30-17-27(23)35-26)29-31-24-15-20(9-12-25(24)36-29)19-7-10-22(11-8-19)37(3,33)34;1-17-15-30(16-28-17)18-7-8-22-21(12-18)29-26(34-22)25-20-9-10-27-14-24(20)33-23(25)13-19(31)6-4-3-5-11-32-2;1-16(2)5-4-6-19(31)12-23-25(20-9-10-27-14-24(20)32-23)26-29-21-11-17(7-8-22(21)33-26)18-13-28-30(3)15-18/h7-12,15,18,30H,4-6,13-14,16-17H2,1-3H3;7-8,12,15-16,27H,3-6,9-11,13-14H2,1-2H3;7-8,11,13,15-16,27H,4-6,9-10,12,14H2,1-3H3. The summed E-state index contributed by atoms with van der Waals surface area (Å²) < 4.78 is 36.0. The number of thiophene rings is 3. The number of imidazole rings is 1. The summed E-state index contributed by atoms with van der Waals surface area (Å²) in [6.45, 7) is 17.1. The van der Waals surface area contributed by atoms with Crippen LogP contribution in [0.5, 0.6) is 0 Å². The van der Waals surface area contributed by atoms with Crippen LogP contribution in [0.4, 0.5) is 0 Å². The first-order chi connectivity index (χ1) is 50.3. The summed E-state index contributed by atoms with van der Waals surface area (Å²) in [5, 5.41) is 17.8. The van der Waals surface area contributed by atoms with Gasteiger partial charge in [0.25, 0.3) is 0 Å². The van der Waals surface area contributed by atoms with Gasteiger partial charge in [-0.05, 0) is 171 Å². The number of hydrogen-bond donors (Lipinski definition) is 3. The number of unbranched alkanes of at least 4 members (excludes halogenated alkanes) is 2. The van der Waals surface area contributed by atoms with Crippen LogP contribution in [0, 0.1) is 18.8 Å². The van der Waals surface area contributed by atoms with Crippen LogP contribution in [0.3, 0.4) is 0 Å². The Hall–Kier alpha value is -7.13. The number of rotatable bonds is 27. The van der Waals surface area contributed by atoms with Crippen molar-refractivity contribution in [3.05, 3.63) is 155 Å². The predicted molar refractivity (Wildman–Crippen MR) is 431 cm³/mol. The summed E-state index contributed by atoms with van der Waals surface area (Å²) >= 11 is 10.5. The Morgan fingerprint density at radius 3 is 1.40 bits per heavy atom. The minimum Gasteiger partial charge on any atom is -0.385 e. The molecule has 3 N–H and O–H groups in total. The summed E-state index contributed by atoms with van der Waals surface area (Å²) in [7, 11) is 0.431. The van der Waals surface area contributed by atoms with Gasteiger partial charge in [-0.3, -0.25) is 19.1 Å². The minimum atomic E-state index is -3.23. The van der Waals surface area contributed by atoms with Crippen LogP contribution in [0.2, 0.25) is 0 Å². The van der Waals surface area contributed by atoms with Crippen molar-refractivity contribution in [3.63, 3.8) is 0 Å². The highest BCUT2D eigenvalue weighted by Crippen LogP contribution is 2.46. The third-order valence-corrected chi connectivity index (χ3v) is 27.3. The summed E-state index contributed by atoms with van der Waals surface area (Å²) in [5.41, 5.74) is 16.9. The zero-order valence-electron chi connectivity index (χ0n) is 60.7. The van der Waals surface area contributed by atoms with E-state index in [1.807, 2.05) is 71.6 Å². The predicted octanol–water partition coefficient (Wildman–Crippen LogP) is 18.2. The highest BCUT2D eigenvalue weighted by atomic mass is 32.2. The largest absolute Gasteiger partial charge is 0.385 e. The van der Waals surface area contributed by atoms with Crippen molar-refractivity contribution in [2.75, 3.05) is 39.6 Å². The third-order valence-electron chi connectivity index (χ3n) is 19.3. The van der Waals surface area contributed by atoms with E-state index < -0.39 is 9.84 Å². The maximum absolute atomic E-state index is 12.9. The monoisotopic (exact) mass is 1520 g/mol. The first-order valence-electron chi connectivity index (χ1n) is 36.4. The lowest BCUT2D eigenvalue weighted by Gasteiger charge is -2.13. The topological polar surface area (TPSA) is 205 Å². The molecule has 23 heteroatoms. The van der Waals surface area contributed by atoms with Crippen LogP contribution < -0.4 is 16.0 Å². The second kappa shape index (κ2) is 34.2. The smallest absolute Gasteiger partial charge is 0.175 e. The fourth-order valence-electron chi connectivity index (χ4n) is 13.9. The van der Waals surface area contributed by atoms with Crippen LogP contribution >= 0.6 is 68.0 Å². The summed E-state index contributed by atoms with van der Waals surface area (Å²) in [5.74, 6) is 2.25. The number of nitrogens with one attached hydrogen (secondary N) is 3. The minimum absolute atomic E-state index is 0.314. The fraction of sp³-hybridized carbons (Fsp3) is 0.407. The lowest BCUT2D eigenvalue weighted by molar-refractivity contribution is -0.119. The molecule has 0 amide bonds. The van der Waals surface area contributed by atoms with E-state index in [4.69, 9.17) is 19.7 Å². The highest BCUT2D eigenvalue weighted by molar-refractivity contribution is 7.90. The SMILES string of the molecule is CC(C)CCCC(=O)Cc1sc2c(c1-c1nc3cc(-c4ccc(S(C)(=O)=O)cc4)ccc3s1)CCNC2.CC(C)CCCC(=O)Cc1sc2c(c1-c1nc3cc(-c4cnn(C)c4)ccc3s1)CCNC2.COCCCCCC(=O)Cc1sc2c(c1-c1nc3cc(-n4cnc(C)c4)ccc3s1)CCNC2. The Kier molecular flexibility index (Phi) is 24.7. The maximum Gasteiger partial charge on any atom is 0.175 e. The quantitative estimate of drug-likeness (QED) is 0.0410. The summed E-state index contributed by atoms with van der Waals surface area (Å²) in [6.07, 6.45) is 22.5. The number of carbonyl (C=O) groups excluding carboxylic acids is 3. The van der Waals surface area contributed by atoms with Gasteiger partial charge in [-0.2, -0.15) is 5.10 Å². The fourth-order valence-corrected chi connectivity index (χ4v) is 21.9. The van der Waals surface area contributed by atoms with Crippen molar-refractivity contribution in [1.29, 1.82) is 0 Å². The summed E-state index contributed by atoms with van der Waals surface area (Å²) in [6, 6.07) is 26.1. The Morgan fingerprint density at radius 2 is 0.981 bits per heavy atom. The number of sulfone groups is 1. The number of Topliss-reactive ketones (excluding diaryl/α,β-unsaturated/α-hetero) is 3. The molecule has 544 valence electrons. The molecule has 3 aliphatic rings. The molecular weight excluding hydrogens is 1430 g/mol. The van der Waals surface area contributed by atoms with Crippen LogP contribution in [-0.2, 0) is 94.2 Å². The van der Waals surface area contributed by atoms with E-state index in [0.29, 0.717) is 72.6 Å². The molecule has 3 aliphatic heterocycles. The van der Waals surface area contributed by atoms with Crippen molar-refractivity contribution >= 4 is 126 Å². The average Bonchev–Trinajstić information content (AvgIpc) is 1.63. The van der Waals surface area contributed by atoms with E-state index >= 15 is 0 Å². The molecule has 0 bridgehead atoms. The molecule has 0 saturated carbocycles. The van der Waals surface area contributed by atoms with Crippen LogP contribution in [0.1, 0.15) is 144 Å². The second-order valence-corrected chi connectivity index (χ2v) is 37.1. The van der Waals surface area contributed by atoms with Gasteiger partial charge in [-0.1, -0.05) is 71.2 Å². The van der Waals surface area contributed by atoms with Crippen molar-refractivity contribution in [2.24, 2.45) is 18.9 Å². The number of benzene rings is 4. The maximum atomic E-state index is 12.9. The van der Waals surface area contributed by atoms with Gasteiger partial charge in [0.15, 0.2) is 9.84 Å². The molecule has 11 heterocycles. The number of ether oxygens (including phenoxy) is 1. The number of hydrogen-bond acceptors (Lipinski definition) is 20. The van der Waals surface area contributed by atoms with Crippen LogP contribution in [0.25, 0.3) is 90.3 Å². The zero-order chi connectivity index (χ0) is 72.6. The van der Waals surface area contributed by atoms with Gasteiger partial charge in [0.05, 0.1) is 53.8 Å². The molecule has 0 unspecified atom stereocenters. The second-order valence-electron chi connectivity index (χ2n) is 28.4. The van der Waals surface area contributed by atoms with E-state index in [1.165, 1.54) is 73.4 Å². The number of thiazole rings is 3. The van der Waals surface area contributed by atoms with Gasteiger partial charge in [-0.25, -0.2) is 28.4 Å². The number of ketones is 3. The van der Waals surface area contributed by atoms with Gasteiger partial charge < -0.3 is 25.3 Å². The third kappa shape index (κ3) is 18.3. The number of nitrogens with zero attached hydrogens (tertiary/aromatic N) is 7. The Balaban J connectivity index is 0.000000139. The number of aromatic nitrogens is 7. The Bertz CT molecular complexity index is 5160. The first kappa shape index (κ1) is 75.1. The molecule has 16 nitrogen and oxygen atoms in total. The van der Waals surface area contributed by atoms with Crippen molar-refractivity contribution in [3.8, 4) is 59.7 Å². The van der Waals surface area contributed by atoms with Gasteiger partial charge in [-0.15, -0.1) is 68.0 Å². The molecule has 104 heavy (non-hydrogen) atoms. The molecule has 0 aliphatic carbocycles. The lowest BCUT2D eigenvalue weighted by atomic mass is 9.99. The molecule has 8 aromatic heterocycles. The molecular formula is C81H92N10O6S7. The average molecular weight is 1530 g/mol. The summed E-state index contributed by atoms with van der Waals surface area (Å²) in [4.78, 5) is 66.0. The lowest BCUT2D eigenvalue weighted by Crippen LogP contribution is -2.22. The molecule has 0 atom stereocenters. The number of fused-ring (bicyclic) bond motifs is 6. The van der Waals surface area contributed by atoms with Crippen molar-refractivity contribution < 1.29 is 27.5 Å².